The molecule has 2 aromatic rings. The van der Waals surface area contributed by atoms with Gasteiger partial charge in [-0.05, 0) is 57.0 Å². The lowest BCUT2D eigenvalue weighted by Gasteiger charge is -2.28. The Bertz CT molecular complexity index is 776. The van der Waals surface area contributed by atoms with Crippen LogP contribution in [0.5, 0.6) is 0 Å². The van der Waals surface area contributed by atoms with Gasteiger partial charge in [0.05, 0.1) is 11.1 Å². The highest BCUT2D eigenvalue weighted by Crippen LogP contribution is 2.40. The van der Waals surface area contributed by atoms with Gasteiger partial charge in [0.15, 0.2) is 0 Å². The van der Waals surface area contributed by atoms with Crippen molar-refractivity contribution >= 4 is 7.12 Å². The van der Waals surface area contributed by atoms with Gasteiger partial charge in [0.1, 0.15) is 0 Å². The summed E-state index contributed by atoms with van der Waals surface area (Å²) in [6.07, 6.45) is -10.6. The maximum atomic E-state index is 13.4. The Kier molecular flexibility index (Phi) is 7.63. The van der Waals surface area contributed by atoms with Gasteiger partial charge < -0.3 is 9.31 Å². The Morgan fingerprint density at radius 3 is 1.47 bits per heavy atom. The molecule has 0 radical (unpaired) electrons. The maximum Gasteiger partial charge on any atom is 0.469 e. The zero-order valence-corrected chi connectivity index (χ0v) is 17.0. The largest absolute Gasteiger partial charge is 0.469 e. The zero-order valence-electron chi connectivity index (χ0n) is 17.0. The van der Waals surface area contributed by atoms with Crippen LogP contribution in [-0.2, 0) is 21.7 Å². The fourth-order valence-corrected chi connectivity index (χ4v) is 3.05. The van der Waals surface area contributed by atoms with Gasteiger partial charge in [-0.2, -0.15) is 26.3 Å². The highest BCUT2D eigenvalue weighted by Gasteiger charge is 2.41. The quantitative estimate of drug-likeness (QED) is 0.357. The Labute approximate surface area is 172 Å². The van der Waals surface area contributed by atoms with Gasteiger partial charge >= 0.3 is 19.5 Å². The van der Waals surface area contributed by atoms with Crippen molar-refractivity contribution in [2.24, 2.45) is 0 Å². The van der Waals surface area contributed by atoms with Crippen LogP contribution >= 0.6 is 0 Å². The Balaban J connectivity index is 2.74. The van der Waals surface area contributed by atoms with E-state index in [0.29, 0.717) is 5.56 Å². The van der Waals surface area contributed by atoms with E-state index in [1.807, 2.05) is 0 Å². The van der Waals surface area contributed by atoms with Crippen molar-refractivity contribution in [3.63, 3.8) is 0 Å². The zero-order chi connectivity index (χ0) is 22.7. The summed E-state index contributed by atoms with van der Waals surface area (Å²) >= 11 is 0. The average Bonchev–Trinajstić information content (AvgIpc) is 2.60. The summed E-state index contributed by atoms with van der Waals surface area (Å²) in [6.45, 7) is 6.86. The van der Waals surface area contributed by atoms with E-state index in [1.165, 1.54) is 0 Å². The van der Waals surface area contributed by atoms with Crippen LogP contribution in [0.4, 0.5) is 26.3 Å². The van der Waals surface area contributed by atoms with Crippen LogP contribution in [0.1, 0.15) is 55.8 Å². The van der Waals surface area contributed by atoms with Crippen LogP contribution in [0.2, 0.25) is 0 Å². The lowest BCUT2D eigenvalue weighted by molar-refractivity contribution is -0.143. The van der Waals surface area contributed by atoms with E-state index in [1.54, 1.807) is 58.0 Å². The number of hydrogen-bond acceptors (Lipinski definition) is 2. The van der Waals surface area contributed by atoms with Crippen LogP contribution in [0, 0.1) is 0 Å². The van der Waals surface area contributed by atoms with Crippen LogP contribution in [-0.4, -0.2) is 19.3 Å². The van der Waals surface area contributed by atoms with Crippen molar-refractivity contribution in [2.75, 3.05) is 0 Å². The molecule has 0 saturated heterocycles. The Hall–Kier alpha value is -2.00. The van der Waals surface area contributed by atoms with Crippen LogP contribution in [0.15, 0.2) is 48.5 Å². The molecule has 0 heterocycles. The van der Waals surface area contributed by atoms with Gasteiger partial charge in [0.25, 0.3) is 0 Å². The van der Waals surface area contributed by atoms with E-state index in [9.17, 15) is 26.3 Å². The first-order valence-electron chi connectivity index (χ1n) is 9.44. The highest BCUT2D eigenvalue weighted by atomic mass is 19.4. The van der Waals surface area contributed by atoms with Gasteiger partial charge in [-0.15, -0.1) is 0 Å². The molecule has 0 amide bonds. The van der Waals surface area contributed by atoms with Gasteiger partial charge in [-0.1, -0.05) is 30.3 Å². The smallest absolute Gasteiger partial charge is 0.408 e. The van der Waals surface area contributed by atoms with Gasteiger partial charge in [0.2, 0.25) is 0 Å². The molecule has 0 N–H and O–H groups in total. The lowest BCUT2D eigenvalue weighted by atomic mass is 9.63. The summed E-state index contributed by atoms with van der Waals surface area (Å²) < 4.78 is 92.0. The monoisotopic (exact) mass is 432 g/mol. The Morgan fingerprint density at radius 2 is 1.10 bits per heavy atom. The molecule has 0 bridgehead atoms. The molecule has 2 aromatic carbocycles. The molecule has 0 fully saturated rings. The average molecular weight is 432 g/mol. The molecule has 0 spiro atoms. The van der Waals surface area contributed by atoms with E-state index in [4.69, 9.17) is 9.31 Å². The van der Waals surface area contributed by atoms with Crippen molar-refractivity contribution in [1.82, 2.24) is 0 Å². The molecular weight excluding hydrogens is 409 g/mol. The summed E-state index contributed by atoms with van der Waals surface area (Å²) in [5.74, 6) is -1.00. The summed E-state index contributed by atoms with van der Waals surface area (Å²) in [5.41, 5.74) is -2.45. The van der Waals surface area contributed by atoms with Crippen LogP contribution in [0.25, 0.3) is 0 Å². The third-order valence-electron chi connectivity index (χ3n) is 4.21. The molecule has 30 heavy (non-hydrogen) atoms. The van der Waals surface area contributed by atoms with Crippen molar-refractivity contribution in [2.45, 2.75) is 58.1 Å². The van der Waals surface area contributed by atoms with Crippen molar-refractivity contribution in [1.29, 1.82) is 0 Å². The number of benzene rings is 2. The van der Waals surface area contributed by atoms with Crippen molar-refractivity contribution in [3.05, 3.63) is 70.8 Å². The first-order chi connectivity index (χ1) is 13.8. The fourth-order valence-electron chi connectivity index (χ4n) is 3.05. The highest BCUT2D eigenvalue weighted by molar-refractivity contribution is 6.47. The molecule has 1 atom stereocenters. The normalized spacial score (nSPS) is 13.7. The SMILES string of the molecule is CC(C)OB(OC(C)C)C(c1ccccc1)c1cc(C(F)(F)F)cc(C(F)(F)F)c1. The lowest BCUT2D eigenvalue weighted by Crippen LogP contribution is -2.37. The Morgan fingerprint density at radius 1 is 0.667 bits per heavy atom. The standard InChI is InChI=1S/C21H23BF6O2/c1-13(2)29-22(30-14(3)4)19(15-8-6-5-7-9-15)16-10-17(20(23,24)25)12-18(11-16)21(26,27)28/h5-14,19H,1-4H3. The second kappa shape index (κ2) is 9.43. The molecule has 2 rings (SSSR count). The third kappa shape index (κ3) is 6.50. The molecule has 0 aliphatic carbocycles. The van der Waals surface area contributed by atoms with Gasteiger partial charge in [-0.3, -0.25) is 0 Å². The van der Waals surface area contributed by atoms with Crippen LogP contribution in [0.3, 0.4) is 0 Å². The molecule has 0 saturated carbocycles. The van der Waals surface area contributed by atoms with E-state index in [2.05, 4.69) is 0 Å². The van der Waals surface area contributed by atoms with E-state index >= 15 is 0 Å². The fraction of sp³-hybridized carbons (Fsp3) is 0.429. The first kappa shape index (κ1) is 24.3. The second-order valence-electron chi connectivity index (χ2n) is 7.47. The number of alkyl halides is 6. The van der Waals surface area contributed by atoms with E-state index < -0.39 is 36.4 Å². The summed E-state index contributed by atoms with van der Waals surface area (Å²) in [5, 5.41) is 0. The summed E-state index contributed by atoms with van der Waals surface area (Å²) in [4.78, 5) is 0. The third-order valence-corrected chi connectivity index (χ3v) is 4.21. The minimum atomic E-state index is -4.94. The molecule has 2 nitrogen and oxygen atoms in total. The molecule has 9 heteroatoms. The molecule has 0 aliphatic rings. The summed E-state index contributed by atoms with van der Waals surface area (Å²) in [6, 6.07) is 9.84. The first-order valence-corrected chi connectivity index (χ1v) is 9.44. The van der Waals surface area contributed by atoms with Crippen LogP contribution < -0.4 is 0 Å². The van der Waals surface area contributed by atoms with Gasteiger partial charge in [0, 0.05) is 18.0 Å². The summed E-state index contributed by atoms with van der Waals surface area (Å²) in [7, 11) is -1.09. The number of rotatable bonds is 7. The molecular formula is C21H23BF6O2. The van der Waals surface area contributed by atoms with Gasteiger partial charge in [-0.25, -0.2) is 0 Å². The predicted molar refractivity (Wildman–Crippen MR) is 103 cm³/mol. The second-order valence-corrected chi connectivity index (χ2v) is 7.47. The molecule has 0 aromatic heterocycles. The maximum absolute atomic E-state index is 13.4. The molecule has 0 aliphatic heterocycles. The minimum Gasteiger partial charge on any atom is -0.408 e. The molecule has 164 valence electrons. The van der Waals surface area contributed by atoms with Crippen molar-refractivity contribution < 1.29 is 35.7 Å². The van der Waals surface area contributed by atoms with E-state index in [-0.39, 0.29) is 23.8 Å². The number of hydrogen-bond donors (Lipinski definition) is 0. The molecule has 1 unspecified atom stereocenters. The van der Waals surface area contributed by atoms with Crippen molar-refractivity contribution in [3.8, 4) is 0 Å². The topological polar surface area (TPSA) is 18.5 Å². The van der Waals surface area contributed by atoms with E-state index in [0.717, 1.165) is 12.1 Å². The minimum absolute atomic E-state index is 0.118. The predicted octanol–water partition coefficient (Wildman–Crippen LogP) is 6.73. The number of halogens is 6.